The third-order valence-corrected chi connectivity index (χ3v) is 15.3. The number of rotatable bonds is 25. The molecule has 0 fully saturated rings. The number of benzene rings is 3. The van der Waals surface area contributed by atoms with Crippen molar-refractivity contribution in [3.05, 3.63) is 119 Å². The lowest BCUT2D eigenvalue weighted by molar-refractivity contribution is -0.777. The number of nitrogens with zero attached hydrogens (tertiary/aromatic N) is 2. The second-order valence-corrected chi connectivity index (χ2v) is 22.2. The fraction of sp³-hybridized carbons (Fsp3) is 0.438. The van der Waals surface area contributed by atoms with Gasteiger partial charge in [-0.05, 0) is 142 Å². The molecule has 2 aliphatic heterocycles. The molecular formula is C48H57N2O14S4-3. The van der Waals surface area contributed by atoms with Gasteiger partial charge in [0.1, 0.15) is 22.4 Å². The third-order valence-electron chi connectivity index (χ3n) is 12.5. The van der Waals surface area contributed by atoms with Crippen LogP contribution in [0.25, 0.3) is 5.57 Å². The average molecular weight is 1010 g/mol. The van der Waals surface area contributed by atoms with Crippen molar-refractivity contribution in [2.75, 3.05) is 42.7 Å². The summed E-state index contributed by atoms with van der Waals surface area (Å²) in [7, 11) is -9.11. The summed E-state index contributed by atoms with van der Waals surface area (Å²) in [5.41, 5.74) is 7.98. The van der Waals surface area contributed by atoms with Gasteiger partial charge >= 0.3 is 0 Å². The number of allylic oxidation sites excluding steroid dienone is 8. The van der Waals surface area contributed by atoms with Gasteiger partial charge in [-0.25, -0.2) is 16.8 Å². The van der Waals surface area contributed by atoms with Crippen LogP contribution in [0.3, 0.4) is 0 Å². The normalized spacial score (nSPS) is 18.1. The first-order valence-electron chi connectivity index (χ1n) is 22.4. The van der Waals surface area contributed by atoms with Gasteiger partial charge in [-0.15, -0.1) is 0 Å². The van der Waals surface area contributed by atoms with Gasteiger partial charge < -0.3 is 34.4 Å². The van der Waals surface area contributed by atoms with Crippen LogP contribution in [-0.2, 0) is 49.8 Å². The predicted molar refractivity (Wildman–Crippen MR) is 254 cm³/mol. The summed E-state index contributed by atoms with van der Waals surface area (Å²) in [5, 5.41) is 37.4. The molecule has 20 heteroatoms. The third kappa shape index (κ3) is 13.3. The Labute approximate surface area is 407 Å². The van der Waals surface area contributed by atoms with E-state index in [4.69, 9.17) is 4.74 Å². The quantitative estimate of drug-likeness (QED) is 0.0222. The Balaban J connectivity index is 1.47. The number of aliphatic hydroxyl groups is 1. The number of anilines is 1. The monoisotopic (exact) mass is 1010 g/mol. The first-order chi connectivity index (χ1) is 32.4. The maximum atomic E-state index is 12.2. The minimum absolute atomic E-state index is 0.0746. The van der Waals surface area contributed by atoms with Crippen molar-refractivity contribution < 1.29 is 69.6 Å². The molecule has 0 amide bonds. The molecule has 0 saturated carbocycles. The van der Waals surface area contributed by atoms with E-state index >= 15 is 0 Å². The van der Waals surface area contributed by atoms with Crippen molar-refractivity contribution in [1.82, 2.24) is 0 Å². The first-order valence-corrected chi connectivity index (χ1v) is 27.0. The highest BCUT2D eigenvalue weighted by Gasteiger charge is 2.45. The van der Waals surface area contributed by atoms with E-state index in [-0.39, 0.29) is 17.9 Å². The highest BCUT2D eigenvalue weighted by atomic mass is 32.2. The van der Waals surface area contributed by atoms with Crippen LogP contribution >= 0.6 is 24.1 Å². The molecule has 1 N–H and O–H groups in total. The molecule has 0 spiro atoms. The van der Waals surface area contributed by atoms with Gasteiger partial charge in [0.25, 0.3) is 0 Å². The molecule has 3 aliphatic rings. The summed E-state index contributed by atoms with van der Waals surface area (Å²) in [6, 6.07) is 18.1. The second kappa shape index (κ2) is 23.8. The largest absolute Gasteiger partial charge is 0.748 e. The molecule has 0 atom stereocenters. The predicted octanol–water partition coefficient (Wildman–Crippen LogP) is 7.13. The van der Waals surface area contributed by atoms with Gasteiger partial charge in [-0.3, -0.25) is 10.1 Å². The number of aliphatic hydroxyl groups excluding tert-OH is 1. The number of hydrogen-bond acceptors (Lipinski definition) is 17. The van der Waals surface area contributed by atoms with E-state index in [1.54, 1.807) is 6.07 Å². The standard InChI is InChI=1S/C48H60N2O14S4/c1-47(2)40-32-38(66-64-62-53)19-21-42(40)50(26-6-10-30-67(54,55)56)44(47)23-17-34-13-11-14-35(46(34)36-15-12-16-37(31-36)60-28-8-7-27-51)18-24-45-48(3,4)41-33-39(68(57,58)59)20-22-43(41)49(45)25-5-9-29-65-63-61-52/h12,15-24,31-33,51H,5-11,13-14,25-30H2,1-4H3,(H3-,52,53,54,55,56,57,58,59)/p-3. The molecule has 0 saturated heterocycles. The van der Waals surface area contributed by atoms with Gasteiger partial charge in [0, 0.05) is 82.5 Å². The maximum Gasteiger partial charge on any atom is 0.209 e. The molecule has 3 aromatic carbocycles. The minimum atomic E-state index is -4.73. The maximum absolute atomic E-state index is 12.2. The Kier molecular flexibility index (Phi) is 18.7. The molecule has 3 aromatic rings. The van der Waals surface area contributed by atoms with Crippen molar-refractivity contribution in [2.24, 2.45) is 0 Å². The van der Waals surface area contributed by atoms with Crippen LogP contribution in [0.5, 0.6) is 5.75 Å². The smallest absolute Gasteiger partial charge is 0.209 e. The zero-order chi connectivity index (χ0) is 49.1. The van der Waals surface area contributed by atoms with E-state index in [0.717, 1.165) is 94.0 Å². The fourth-order valence-electron chi connectivity index (χ4n) is 9.22. The van der Waals surface area contributed by atoms with Gasteiger partial charge in [0.2, 0.25) is 5.69 Å². The minimum Gasteiger partial charge on any atom is -0.748 e. The average Bonchev–Trinajstić information content (AvgIpc) is 3.64. The van der Waals surface area contributed by atoms with Crippen molar-refractivity contribution >= 4 is 67.0 Å². The molecule has 6 rings (SSSR count). The van der Waals surface area contributed by atoms with Crippen molar-refractivity contribution in [3.63, 3.8) is 0 Å². The van der Waals surface area contributed by atoms with Gasteiger partial charge in [0.05, 0.1) is 39.1 Å². The number of ether oxygens (including phenoxy) is 1. The van der Waals surface area contributed by atoms with E-state index in [0.29, 0.717) is 73.8 Å². The lowest BCUT2D eigenvalue weighted by Crippen LogP contribution is -2.28. The van der Waals surface area contributed by atoms with Crippen LogP contribution in [0.15, 0.2) is 112 Å². The van der Waals surface area contributed by atoms with E-state index < -0.39 is 36.8 Å². The summed E-state index contributed by atoms with van der Waals surface area (Å²) in [4.78, 5) is 2.50. The lowest BCUT2D eigenvalue weighted by atomic mass is 9.79. The van der Waals surface area contributed by atoms with Crippen LogP contribution in [0.2, 0.25) is 0 Å². The van der Waals surface area contributed by atoms with Crippen LogP contribution in [-0.4, -0.2) is 79.1 Å². The zero-order valence-electron chi connectivity index (χ0n) is 38.5. The molecule has 1 aliphatic carbocycles. The molecule has 0 radical (unpaired) electrons. The van der Waals surface area contributed by atoms with E-state index in [1.807, 2.05) is 56.3 Å². The van der Waals surface area contributed by atoms with Crippen LogP contribution < -0.4 is 20.2 Å². The molecular weight excluding hydrogens is 957 g/mol. The number of hydrogen-bond donors (Lipinski definition) is 1. The second-order valence-electron chi connectivity index (χ2n) is 17.7. The summed E-state index contributed by atoms with van der Waals surface area (Å²) in [6.07, 6.45) is 14.1. The van der Waals surface area contributed by atoms with Crippen LogP contribution in [0.1, 0.15) is 102 Å². The van der Waals surface area contributed by atoms with Gasteiger partial charge in [0.15, 0.2) is 5.71 Å². The number of fused-ring (bicyclic) bond motifs is 2. The summed E-state index contributed by atoms with van der Waals surface area (Å²) in [5.74, 6) is 0.727. The van der Waals surface area contributed by atoms with Crippen LogP contribution in [0, 0.1) is 0 Å². The van der Waals surface area contributed by atoms with E-state index in [9.17, 15) is 41.6 Å². The Hall–Kier alpha value is -3.87. The topological polar surface area (TPSA) is 233 Å². The van der Waals surface area contributed by atoms with E-state index in [1.165, 1.54) is 12.1 Å². The number of unbranched alkanes of at least 4 members (excludes halogenated alkanes) is 3. The highest BCUT2D eigenvalue weighted by molar-refractivity contribution is 7.94. The van der Waals surface area contributed by atoms with E-state index in [2.05, 4.69) is 66.4 Å². The Morgan fingerprint density at radius 1 is 0.824 bits per heavy atom. The SMILES string of the molecule is CC1(C)C(/C=C/C2=C(c3cccc(OCCCCO)c3)C(=C/C=C3/N(CCCCSOO[O-])c4ccc(S(=O)(=O)[O-])cc4C3(C)C)/CCC2)=[N+](CCCCS(=O)(=O)[O-])c2ccc(SOO[O-])cc21. The molecule has 2 heterocycles. The van der Waals surface area contributed by atoms with Crippen molar-refractivity contribution in [1.29, 1.82) is 0 Å². The molecule has 16 nitrogen and oxygen atoms in total. The van der Waals surface area contributed by atoms with Crippen molar-refractivity contribution in [3.8, 4) is 5.75 Å². The lowest BCUT2D eigenvalue weighted by Gasteiger charge is -2.28. The summed E-state index contributed by atoms with van der Waals surface area (Å²) >= 11 is 1.71. The molecule has 370 valence electrons. The molecule has 0 unspecified atom stereocenters. The first kappa shape index (κ1) is 53.5. The molecule has 68 heavy (non-hydrogen) atoms. The summed E-state index contributed by atoms with van der Waals surface area (Å²) < 4.78 is 88.5. The molecule has 0 aromatic heterocycles. The fourth-order valence-corrected chi connectivity index (χ4v) is 11.1. The molecule has 0 bridgehead atoms. The van der Waals surface area contributed by atoms with Gasteiger partial charge in [-0.2, -0.15) is 13.2 Å². The van der Waals surface area contributed by atoms with Gasteiger partial charge in [-0.1, -0.05) is 38.1 Å². The Morgan fingerprint density at radius 3 is 2.35 bits per heavy atom. The van der Waals surface area contributed by atoms with Crippen molar-refractivity contribution in [2.45, 2.75) is 106 Å². The Bertz CT molecular complexity index is 2660. The van der Waals surface area contributed by atoms with Crippen LogP contribution in [0.4, 0.5) is 11.4 Å². The zero-order valence-corrected chi connectivity index (χ0v) is 41.7. The highest BCUT2D eigenvalue weighted by Crippen LogP contribution is 2.49. The summed E-state index contributed by atoms with van der Waals surface area (Å²) in [6.45, 7) is 9.70. The Morgan fingerprint density at radius 2 is 1.62 bits per heavy atom.